The topological polar surface area (TPSA) is 42.4 Å². The maximum atomic E-state index is 12.4. The van der Waals surface area contributed by atoms with Gasteiger partial charge in [-0.1, -0.05) is 35.9 Å². The summed E-state index contributed by atoms with van der Waals surface area (Å²) in [4.78, 5) is 18.5. The second-order valence-corrected chi connectivity index (χ2v) is 6.04. The zero-order valence-electron chi connectivity index (χ0n) is 12.8. The van der Waals surface area contributed by atoms with Gasteiger partial charge in [0.2, 0.25) is 11.8 Å². The molecule has 3 rings (SSSR count). The highest BCUT2D eigenvalue weighted by Crippen LogP contribution is 2.20. The number of likely N-dealkylation sites (tertiary alicyclic amines) is 1. The molecule has 1 amide bonds. The highest BCUT2D eigenvalue weighted by Gasteiger charge is 2.24. The molecule has 5 heteroatoms. The van der Waals surface area contributed by atoms with Crippen LogP contribution in [0.25, 0.3) is 0 Å². The predicted octanol–water partition coefficient (Wildman–Crippen LogP) is 3.35. The zero-order chi connectivity index (χ0) is 16.1. The SMILES string of the molecule is O=C(Cc1ccccc1Cl)N1CCC(Oc2ccccn2)CC1. The average molecular weight is 331 g/mol. The quantitative estimate of drug-likeness (QED) is 0.863. The molecule has 1 aromatic carbocycles. The molecule has 120 valence electrons. The van der Waals surface area contributed by atoms with Crippen LogP contribution in [-0.2, 0) is 11.2 Å². The number of halogens is 1. The summed E-state index contributed by atoms with van der Waals surface area (Å²) in [5, 5.41) is 0.647. The molecule has 1 aliphatic rings. The number of aromatic nitrogens is 1. The fourth-order valence-electron chi connectivity index (χ4n) is 2.73. The lowest BCUT2D eigenvalue weighted by Gasteiger charge is -2.32. The largest absolute Gasteiger partial charge is 0.474 e. The van der Waals surface area contributed by atoms with Crippen molar-refractivity contribution in [2.24, 2.45) is 0 Å². The molecule has 2 heterocycles. The van der Waals surface area contributed by atoms with Gasteiger partial charge in [0.05, 0.1) is 6.42 Å². The van der Waals surface area contributed by atoms with Gasteiger partial charge in [0, 0.05) is 43.2 Å². The molecule has 0 spiro atoms. The third-order valence-corrected chi connectivity index (χ3v) is 4.39. The summed E-state index contributed by atoms with van der Waals surface area (Å²) in [6, 6.07) is 13.1. The van der Waals surface area contributed by atoms with Gasteiger partial charge in [0.25, 0.3) is 0 Å². The molecule has 1 saturated heterocycles. The summed E-state index contributed by atoms with van der Waals surface area (Å²) in [6.07, 6.45) is 3.84. The summed E-state index contributed by atoms with van der Waals surface area (Å²) in [6.45, 7) is 1.42. The number of amides is 1. The molecule has 0 bridgehead atoms. The third kappa shape index (κ3) is 4.23. The van der Waals surface area contributed by atoms with Gasteiger partial charge in [-0.3, -0.25) is 4.79 Å². The van der Waals surface area contributed by atoms with Crippen molar-refractivity contribution in [3.63, 3.8) is 0 Å². The van der Waals surface area contributed by atoms with Crippen LogP contribution in [0.4, 0.5) is 0 Å². The monoisotopic (exact) mass is 330 g/mol. The van der Waals surface area contributed by atoms with E-state index in [1.54, 1.807) is 6.20 Å². The second kappa shape index (κ2) is 7.47. The van der Waals surface area contributed by atoms with Crippen LogP contribution in [0.1, 0.15) is 18.4 Å². The zero-order valence-corrected chi connectivity index (χ0v) is 13.6. The predicted molar refractivity (Wildman–Crippen MR) is 89.6 cm³/mol. The number of rotatable bonds is 4. The molecular weight excluding hydrogens is 312 g/mol. The minimum absolute atomic E-state index is 0.120. The van der Waals surface area contributed by atoms with Crippen LogP contribution in [0.15, 0.2) is 48.7 Å². The highest BCUT2D eigenvalue weighted by molar-refractivity contribution is 6.31. The number of carbonyl (C=O) groups is 1. The van der Waals surface area contributed by atoms with Gasteiger partial charge in [-0.2, -0.15) is 0 Å². The smallest absolute Gasteiger partial charge is 0.227 e. The number of nitrogens with zero attached hydrogens (tertiary/aromatic N) is 2. The Morgan fingerprint density at radius 3 is 2.61 bits per heavy atom. The van der Waals surface area contributed by atoms with Crippen molar-refractivity contribution in [3.05, 3.63) is 59.2 Å². The van der Waals surface area contributed by atoms with Crippen molar-refractivity contribution >= 4 is 17.5 Å². The number of piperidine rings is 1. The fraction of sp³-hybridized carbons (Fsp3) is 0.333. The standard InChI is InChI=1S/C18H19ClN2O2/c19-16-6-2-1-5-14(16)13-18(22)21-11-8-15(9-12-21)23-17-7-3-4-10-20-17/h1-7,10,15H,8-9,11-13H2. The summed E-state index contributed by atoms with van der Waals surface area (Å²) < 4.78 is 5.85. The number of pyridine rings is 1. The Morgan fingerprint density at radius 1 is 1.17 bits per heavy atom. The van der Waals surface area contributed by atoms with Crippen molar-refractivity contribution in [1.29, 1.82) is 0 Å². The van der Waals surface area contributed by atoms with Gasteiger partial charge in [-0.25, -0.2) is 4.98 Å². The van der Waals surface area contributed by atoms with Crippen molar-refractivity contribution in [2.75, 3.05) is 13.1 Å². The van der Waals surface area contributed by atoms with Crippen LogP contribution in [0.2, 0.25) is 5.02 Å². The van der Waals surface area contributed by atoms with E-state index in [2.05, 4.69) is 4.98 Å². The normalized spacial score (nSPS) is 15.4. The molecule has 0 radical (unpaired) electrons. The van der Waals surface area contributed by atoms with Crippen molar-refractivity contribution in [2.45, 2.75) is 25.4 Å². The second-order valence-electron chi connectivity index (χ2n) is 5.63. The highest BCUT2D eigenvalue weighted by atomic mass is 35.5. The van der Waals surface area contributed by atoms with E-state index in [9.17, 15) is 4.79 Å². The molecule has 0 atom stereocenters. The summed E-state index contributed by atoms with van der Waals surface area (Å²) >= 11 is 6.12. The van der Waals surface area contributed by atoms with E-state index in [-0.39, 0.29) is 12.0 Å². The maximum Gasteiger partial charge on any atom is 0.227 e. The molecule has 0 saturated carbocycles. The van der Waals surface area contributed by atoms with Crippen LogP contribution in [0.3, 0.4) is 0 Å². The fourth-order valence-corrected chi connectivity index (χ4v) is 2.93. The molecular formula is C18H19ClN2O2. The Kier molecular flexibility index (Phi) is 5.13. The molecule has 0 unspecified atom stereocenters. The molecule has 1 aliphatic heterocycles. The Labute approximate surface area is 141 Å². The lowest BCUT2D eigenvalue weighted by molar-refractivity contribution is -0.132. The van der Waals surface area contributed by atoms with Gasteiger partial charge in [0.15, 0.2) is 0 Å². The number of carbonyl (C=O) groups excluding carboxylic acids is 1. The summed E-state index contributed by atoms with van der Waals surface area (Å²) in [5.74, 6) is 0.766. The number of hydrogen-bond donors (Lipinski definition) is 0. The molecule has 23 heavy (non-hydrogen) atoms. The lowest BCUT2D eigenvalue weighted by Crippen LogP contribution is -2.42. The van der Waals surface area contributed by atoms with Gasteiger partial charge >= 0.3 is 0 Å². The van der Waals surface area contributed by atoms with Crippen molar-refractivity contribution < 1.29 is 9.53 Å². The van der Waals surface area contributed by atoms with Crippen molar-refractivity contribution in [1.82, 2.24) is 9.88 Å². The van der Waals surface area contributed by atoms with Crippen LogP contribution in [-0.4, -0.2) is 35.0 Å². The first-order valence-corrected chi connectivity index (χ1v) is 8.19. The molecule has 0 N–H and O–H groups in total. The Hall–Kier alpha value is -2.07. The molecule has 1 aromatic heterocycles. The third-order valence-electron chi connectivity index (χ3n) is 4.02. The van der Waals surface area contributed by atoms with Gasteiger partial charge in [-0.15, -0.1) is 0 Å². The average Bonchev–Trinajstić information content (AvgIpc) is 2.58. The van der Waals surface area contributed by atoms with Crippen molar-refractivity contribution in [3.8, 4) is 5.88 Å². The van der Waals surface area contributed by atoms with E-state index in [4.69, 9.17) is 16.3 Å². The minimum Gasteiger partial charge on any atom is -0.474 e. The Bertz CT molecular complexity index is 655. The molecule has 0 aliphatic carbocycles. The van der Waals surface area contributed by atoms with E-state index in [1.807, 2.05) is 47.4 Å². The van der Waals surface area contributed by atoms with Gasteiger partial charge in [-0.05, 0) is 17.7 Å². The van der Waals surface area contributed by atoms with Crippen LogP contribution < -0.4 is 4.74 Å². The van der Waals surface area contributed by atoms with Gasteiger partial charge < -0.3 is 9.64 Å². The first-order valence-electron chi connectivity index (χ1n) is 7.81. The number of benzene rings is 1. The molecule has 1 fully saturated rings. The summed E-state index contributed by atoms with van der Waals surface area (Å²) in [7, 11) is 0. The first kappa shape index (κ1) is 15.8. The van der Waals surface area contributed by atoms with Crippen LogP contribution >= 0.6 is 11.6 Å². The Morgan fingerprint density at radius 2 is 1.91 bits per heavy atom. The van der Waals surface area contributed by atoms with E-state index >= 15 is 0 Å². The Balaban J connectivity index is 1.50. The number of hydrogen-bond acceptors (Lipinski definition) is 3. The van der Waals surface area contributed by atoms with Crippen LogP contribution in [0.5, 0.6) is 5.88 Å². The molecule has 4 nitrogen and oxygen atoms in total. The maximum absolute atomic E-state index is 12.4. The number of ether oxygens (including phenoxy) is 1. The van der Waals surface area contributed by atoms with E-state index in [0.717, 1.165) is 18.4 Å². The van der Waals surface area contributed by atoms with E-state index in [0.29, 0.717) is 30.4 Å². The van der Waals surface area contributed by atoms with E-state index < -0.39 is 0 Å². The van der Waals surface area contributed by atoms with Crippen LogP contribution in [0, 0.1) is 0 Å². The lowest BCUT2D eigenvalue weighted by atomic mass is 10.1. The minimum atomic E-state index is 0.120. The molecule has 2 aromatic rings. The van der Waals surface area contributed by atoms with E-state index in [1.165, 1.54) is 0 Å². The van der Waals surface area contributed by atoms with Gasteiger partial charge in [0.1, 0.15) is 6.10 Å². The first-order chi connectivity index (χ1) is 11.2. The summed E-state index contributed by atoms with van der Waals surface area (Å²) in [5.41, 5.74) is 0.881.